The van der Waals surface area contributed by atoms with Crippen LogP contribution >= 0.6 is 0 Å². The van der Waals surface area contributed by atoms with Crippen molar-refractivity contribution in [3.8, 4) is 5.75 Å². The molecule has 0 amide bonds. The van der Waals surface area contributed by atoms with Gasteiger partial charge < -0.3 is 10.5 Å². The largest absolute Gasteiger partial charge is 0.497 e. The zero-order valence-electron chi connectivity index (χ0n) is 11.7. The van der Waals surface area contributed by atoms with E-state index >= 15 is 0 Å². The molecule has 2 bridgehead atoms. The van der Waals surface area contributed by atoms with Gasteiger partial charge in [0.05, 0.1) is 7.11 Å². The van der Waals surface area contributed by atoms with E-state index in [0.717, 1.165) is 12.3 Å². The van der Waals surface area contributed by atoms with E-state index in [1.165, 1.54) is 37.7 Å². The Morgan fingerprint density at radius 3 is 2.68 bits per heavy atom. The Hall–Kier alpha value is -1.06. The molecule has 3 rings (SSSR count). The van der Waals surface area contributed by atoms with Crippen LogP contribution in [0.4, 0.5) is 0 Å². The van der Waals surface area contributed by atoms with Crippen LogP contribution in [-0.2, 0) is 6.54 Å². The van der Waals surface area contributed by atoms with Crippen molar-refractivity contribution in [1.29, 1.82) is 0 Å². The molecule has 3 heteroatoms. The van der Waals surface area contributed by atoms with Gasteiger partial charge in [0.1, 0.15) is 5.75 Å². The van der Waals surface area contributed by atoms with E-state index in [1.807, 2.05) is 6.07 Å². The molecule has 2 atom stereocenters. The van der Waals surface area contributed by atoms with Gasteiger partial charge in [-0.1, -0.05) is 18.6 Å². The lowest BCUT2D eigenvalue weighted by molar-refractivity contribution is 0.0244. The van der Waals surface area contributed by atoms with Crippen molar-refractivity contribution >= 4 is 0 Å². The summed E-state index contributed by atoms with van der Waals surface area (Å²) < 4.78 is 5.32. The smallest absolute Gasteiger partial charge is 0.119 e. The summed E-state index contributed by atoms with van der Waals surface area (Å²) in [7, 11) is 1.73. The lowest BCUT2D eigenvalue weighted by Gasteiger charge is -2.48. The second-order valence-corrected chi connectivity index (χ2v) is 5.99. The molecule has 2 aliphatic rings. The second kappa shape index (κ2) is 5.51. The molecule has 0 saturated carbocycles. The maximum Gasteiger partial charge on any atom is 0.119 e. The molecule has 0 aliphatic carbocycles. The predicted molar refractivity (Wildman–Crippen MR) is 77.2 cm³/mol. The Balaban J connectivity index is 1.74. The summed E-state index contributed by atoms with van der Waals surface area (Å²) >= 11 is 0. The lowest BCUT2D eigenvalue weighted by Crippen LogP contribution is -2.54. The Bertz CT molecular complexity index is 421. The lowest BCUT2D eigenvalue weighted by atomic mass is 9.82. The van der Waals surface area contributed by atoms with Gasteiger partial charge in [0.2, 0.25) is 0 Å². The van der Waals surface area contributed by atoms with E-state index < -0.39 is 0 Å². The number of hydrogen-bond acceptors (Lipinski definition) is 3. The summed E-state index contributed by atoms with van der Waals surface area (Å²) in [6, 6.07) is 10.2. The Labute approximate surface area is 115 Å². The maximum absolute atomic E-state index is 6.18. The number of nitrogens with zero attached hydrogens (tertiary/aromatic N) is 1. The predicted octanol–water partition coefficient (Wildman–Crippen LogP) is 2.54. The van der Waals surface area contributed by atoms with Crippen LogP contribution in [0, 0.1) is 0 Å². The highest BCUT2D eigenvalue weighted by Crippen LogP contribution is 2.34. The van der Waals surface area contributed by atoms with Gasteiger partial charge in [-0.25, -0.2) is 0 Å². The fraction of sp³-hybridized carbons (Fsp3) is 0.625. The second-order valence-electron chi connectivity index (χ2n) is 5.99. The van der Waals surface area contributed by atoms with Crippen molar-refractivity contribution < 1.29 is 4.74 Å². The summed E-state index contributed by atoms with van der Waals surface area (Å²) in [6.45, 7) is 1.04. The van der Waals surface area contributed by atoms with E-state index in [-0.39, 0.29) is 0 Å². The Morgan fingerprint density at radius 2 is 2.00 bits per heavy atom. The number of rotatable bonds is 3. The number of benzene rings is 1. The molecular formula is C16H24N2O. The molecule has 2 aliphatic heterocycles. The zero-order chi connectivity index (χ0) is 13.2. The molecule has 104 valence electrons. The van der Waals surface area contributed by atoms with Crippen LogP contribution in [0.15, 0.2) is 24.3 Å². The van der Waals surface area contributed by atoms with Crippen LogP contribution in [0.1, 0.15) is 37.7 Å². The van der Waals surface area contributed by atoms with Gasteiger partial charge >= 0.3 is 0 Å². The number of hydrogen-bond donors (Lipinski definition) is 1. The number of ether oxygens (including phenoxy) is 1. The minimum Gasteiger partial charge on any atom is -0.497 e. The van der Waals surface area contributed by atoms with E-state index in [4.69, 9.17) is 10.5 Å². The summed E-state index contributed by atoms with van der Waals surface area (Å²) in [4.78, 5) is 2.68. The number of piperidine rings is 2. The van der Waals surface area contributed by atoms with Crippen LogP contribution in [0.2, 0.25) is 0 Å². The first-order valence-corrected chi connectivity index (χ1v) is 7.40. The molecule has 0 aromatic heterocycles. The SMILES string of the molecule is COc1cccc(CN2C3CCCC2CC(N)C3)c1. The average molecular weight is 260 g/mol. The van der Waals surface area contributed by atoms with E-state index in [0.29, 0.717) is 18.1 Å². The number of fused-ring (bicyclic) bond motifs is 2. The standard InChI is InChI=1S/C16H24N2O/c1-19-16-7-2-4-12(8-16)11-18-14-5-3-6-15(18)10-13(17)9-14/h2,4,7-8,13-15H,3,5-6,9-11,17H2,1H3. The fourth-order valence-corrected chi connectivity index (χ4v) is 3.76. The summed E-state index contributed by atoms with van der Waals surface area (Å²) in [5, 5.41) is 0. The summed E-state index contributed by atoms with van der Waals surface area (Å²) in [6.07, 6.45) is 6.33. The molecule has 2 unspecified atom stereocenters. The van der Waals surface area contributed by atoms with Gasteiger partial charge in [0.15, 0.2) is 0 Å². The van der Waals surface area contributed by atoms with Gasteiger partial charge in [-0.15, -0.1) is 0 Å². The highest BCUT2D eigenvalue weighted by molar-refractivity contribution is 5.28. The Morgan fingerprint density at radius 1 is 1.26 bits per heavy atom. The fourth-order valence-electron chi connectivity index (χ4n) is 3.76. The van der Waals surface area contributed by atoms with Crippen LogP contribution < -0.4 is 10.5 Å². The molecule has 19 heavy (non-hydrogen) atoms. The number of nitrogens with two attached hydrogens (primary N) is 1. The summed E-state index contributed by atoms with van der Waals surface area (Å²) in [5.41, 5.74) is 7.53. The van der Waals surface area contributed by atoms with Gasteiger partial charge in [0.25, 0.3) is 0 Å². The molecule has 1 aromatic carbocycles. The van der Waals surface area contributed by atoms with Crippen LogP contribution in [0.25, 0.3) is 0 Å². The van der Waals surface area contributed by atoms with Gasteiger partial charge in [-0.2, -0.15) is 0 Å². The minimum absolute atomic E-state index is 0.414. The molecular weight excluding hydrogens is 236 g/mol. The monoisotopic (exact) mass is 260 g/mol. The minimum atomic E-state index is 0.414. The molecule has 2 saturated heterocycles. The van der Waals surface area contributed by atoms with Gasteiger partial charge in [-0.3, -0.25) is 4.90 Å². The topological polar surface area (TPSA) is 38.5 Å². The first-order chi connectivity index (χ1) is 9.26. The molecule has 2 fully saturated rings. The van der Waals surface area contributed by atoms with Crippen molar-refractivity contribution in [2.24, 2.45) is 5.73 Å². The highest BCUT2D eigenvalue weighted by atomic mass is 16.5. The third kappa shape index (κ3) is 2.77. The molecule has 1 aromatic rings. The molecule has 0 spiro atoms. The highest BCUT2D eigenvalue weighted by Gasteiger charge is 2.36. The van der Waals surface area contributed by atoms with Crippen LogP contribution in [-0.4, -0.2) is 30.1 Å². The average Bonchev–Trinajstić information content (AvgIpc) is 2.40. The Kier molecular flexibility index (Phi) is 3.76. The van der Waals surface area contributed by atoms with Crippen molar-refractivity contribution in [3.05, 3.63) is 29.8 Å². The van der Waals surface area contributed by atoms with E-state index in [9.17, 15) is 0 Å². The van der Waals surface area contributed by atoms with Crippen LogP contribution in [0.5, 0.6) is 5.75 Å². The number of methoxy groups -OCH3 is 1. The van der Waals surface area contributed by atoms with Gasteiger partial charge in [0, 0.05) is 24.7 Å². The van der Waals surface area contributed by atoms with Crippen molar-refractivity contribution in [3.63, 3.8) is 0 Å². The summed E-state index contributed by atoms with van der Waals surface area (Å²) in [5.74, 6) is 0.955. The van der Waals surface area contributed by atoms with E-state index in [1.54, 1.807) is 7.11 Å². The maximum atomic E-state index is 6.18. The molecule has 2 heterocycles. The van der Waals surface area contributed by atoms with Crippen molar-refractivity contribution in [2.75, 3.05) is 7.11 Å². The van der Waals surface area contributed by atoms with Gasteiger partial charge in [-0.05, 0) is 43.4 Å². The van der Waals surface area contributed by atoms with Crippen molar-refractivity contribution in [1.82, 2.24) is 4.90 Å². The molecule has 3 nitrogen and oxygen atoms in total. The van der Waals surface area contributed by atoms with E-state index in [2.05, 4.69) is 23.1 Å². The van der Waals surface area contributed by atoms with Crippen molar-refractivity contribution in [2.45, 2.75) is 56.8 Å². The third-order valence-corrected chi connectivity index (χ3v) is 4.66. The first kappa shape index (κ1) is 12.9. The first-order valence-electron chi connectivity index (χ1n) is 7.40. The third-order valence-electron chi connectivity index (χ3n) is 4.66. The zero-order valence-corrected chi connectivity index (χ0v) is 11.7. The normalized spacial score (nSPS) is 31.2. The van der Waals surface area contributed by atoms with Crippen LogP contribution in [0.3, 0.4) is 0 Å². The quantitative estimate of drug-likeness (QED) is 0.907. The molecule has 0 radical (unpaired) electrons. The molecule has 2 N–H and O–H groups in total.